The van der Waals surface area contributed by atoms with Crippen molar-refractivity contribution in [3.63, 3.8) is 0 Å². The molecule has 3 aliphatic heterocycles. The molecule has 7 nitrogen and oxygen atoms in total. The van der Waals surface area contributed by atoms with Gasteiger partial charge in [-0.2, -0.15) is 0 Å². The molecule has 3 aliphatic rings. The lowest BCUT2D eigenvalue weighted by Crippen LogP contribution is -2.39. The average molecular weight is 346 g/mol. The van der Waals surface area contributed by atoms with Crippen LogP contribution in [0.3, 0.4) is 0 Å². The van der Waals surface area contributed by atoms with E-state index in [1.54, 1.807) is 12.5 Å². The van der Waals surface area contributed by atoms with Gasteiger partial charge in [0.15, 0.2) is 5.60 Å². The third-order valence-electron chi connectivity index (χ3n) is 5.40. The highest BCUT2D eigenvalue weighted by molar-refractivity contribution is 6.39. The molecular weight excluding hydrogens is 320 g/mol. The molecule has 0 bridgehead atoms. The molecule has 0 saturated carbocycles. The van der Waals surface area contributed by atoms with Crippen molar-refractivity contribution in [2.45, 2.75) is 37.8 Å². The number of rotatable bonds is 6. The van der Waals surface area contributed by atoms with Gasteiger partial charge in [0.25, 0.3) is 5.91 Å². The van der Waals surface area contributed by atoms with Gasteiger partial charge < -0.3 is 19.5 Å². The summed E-state index contributed by atoms with van der Waals surface area (Å²) in [6, 6.07) is 1.98. The van der Waals surface area contributed by atoms with Crippen LogP contribution in [0.15, 0.2) is 28.2 Å². The maximum atomic E-state index is 12.3. The molecule has 0 aliphatic carbocycles. The quantitative estimate of drug-likeness (QED) is 0.838. The third kappa shape index (κ3) is 3.88. The molecule has 2 saturated heterocycles. The molecule has 4 heterocycles. The third-order valence-corrected chi connectivity index (χ3v) is 5.40. The van der Waals surface area contributed by atoms with Crippen LogP contribution in [0.4, 0.5) is 0 Å². The molecule has 1 amide bonds. The Balaban J connectivity index is 1.22. The lowest BCUT2D eigenvalue weighted by atomic mass is 9.96. The van der Waals surface area contributed by atoms with E-state index in [0.717, 1.165) is 51.3 Å². The Morgan fingerprint density at radius 3 is 2.96 bits per heavy atom. The number of oxime groups is 1. The number of nitrogens with one attached hydrogen (secondary N) is 1. The number of carbonyl (C=O) groups excluding carboxylic acids is 1. The van der Waals surface area contributed by atoms with Crippen LogP contribution in [0.1, 0.15) is 31.2 Å². The summed E-state index contributed by atoms with van der Waals surface area (Å²) >= 11 is 0. The number of furan rings is 1. The molecule has 1 aromatic rings. The minimum Gasteiger partial charge on any atom is -0.472 e. The second-order valence-electron chi connectivity index (χ2n) is 7.39. The van der Waals surface area contributed by atoms with Crippen LogP contribution >= 0.6 is 0 Å². The molecule has 7 heteroatoms. The zero-order valence-electron chi connectivity index (χ0n) is 14.6. The molecule has 2 fully saturated rings. The van der Waals surface area contributed by atoms with Crippen molar-refractivity contribution in [2.75, 3.05) is 39.3 Å². The fourth-order valence-electron chi connectivity index (χ4n) is 4.00. The maximum absolute atomic E-state index is 12.3. The first-order valence-corrected chi connectivity index (χ1v) is 9.22. The van der Waals surface area contributed by atoms with Gasteiger partial charge in [0, 0.05) is 51.1 Å². The van der Waals surface area contributed by atoms with Gasteiger partial charge in [-0.1, -0.05) is 5.16 Å². The van der Waals surface area contributed by atoms with Gasteiger partial charge in [-0.15, -0.1) is 0 Å². The highest BCUT2D eigenvalue weighted by atomic mass is 16.7. The second kappa shape index (κ2) is 7.17. The summed E-state index contributed by atoms with van der Waals surface area (Å²) in [5, 5.41) is 7.09. The van der Waals surface area contributed by atoms with Crippen molar-refractivity contribution in [1.29, 1.82) is 0 Å². The molecule has 4 rings (SSSR count). The molecule has 25 heavy (non-hydrogen) atoms. The molecule has 0 aromatic carbocycles. The topological polar surface area (TPSA) is 70.3 Å². The Kier molecular flexibility index (Phi) is 4.76. The van der Waals surface area contributed by atoms with Crippen molar-refractivity contribution in [3.05, 3.63) is 24.2 Å². The Morgan fingerprint density at radius 2 is 2.16 bits per heavy atom. The molecule has 1 atom stereocenters. The molecule has 1 N–H and O–H groups in total. The van der Waals surface area contributed by atoms with Crippen molar-refractivity contribution >= 4 is 11.6 Å². The zero-order chi connectivity index (χ0) is 17.1. The fraction of sp³-hybridized carbons (Fsp3) is 0.667. The highest BCUT2D eigenvalue weighted by Gasteiger charge is 2.46. The van der Waals surface area contributed by atoms with Crippen LogP contribution in [-0.4, -0.2) is 66.3 Å². The number of hydrogen-bond donors (Lipinski definition) is 1. The number of carbonyl (C=O) groups is 1. The Hall–Kier alpha value is -1.86. The van der Waals surface area contributed by atoms with Gasteiger partial charge in [-0.25, -0.2) is 0 Å². The summed E-state index contributed by atoms with van der Waals surface area (Å²) in [6.45, 7) is 6.49. The van der Waals surface area contributed by atoms with Gasteiger partial charge in [0.2, 0.25) is 0 Å². The van der Waals surface area contributed by atoms with E-state index in [-0.39, 0.29) is 11.5 Å². The number of likely N-dealkylation sites (tertiary alicyclic amines) is 2. The van der Waals surface area contributed by atoms with E-state index < -0.39 is 0 Å². The van der Waals surface area contributed by atoms with Gasteiger partial charge in [0.1, 0.15) is 5.71 Å². The average Bonchev–Trinajstić information content (AvgIpc) is 3.38. The summed E-state index contributed by atoms with van der Waals surface area (Å²) in [6.07, 6.45) is 7.51. The van der Waals surface area contributed by atoms with E-state index in [1.165, 1.54) is 12.8 Å². The fourth-order valence-corrected chi connectivity index (χ4v) is 4.00. The predicted molar refractivity (Wildman–Crippen MR) is 93.2 cm³/mol. The van der Waals surface area contributed by atoms with Crippen LogP contribution in [0, 0.1) is 0 Å². The Bertz CT molecular complexity index is 624. The lowest BCUT2D eigenvalue weighted by molar-refractivity contribution is -0.114. The summed E-state index contributed by atoms with van der Waals surface area (Å²) in [5.41, 5.74) is 1.37. The van der Waals surface area contributed by atoms with Crippen LogP contribution in [0.25, 0.3) is 0 Å². The SMILES string of the molecule is O=C(NCCN1CCCC1)C1=NO[C@@]2(CCN(Cc3ccoc3)C2)C1. The minimum absolute atomic E-state index is 0.0793. The van der Waals surface area contributed by atoms with Crippen LogP contribution in [0.2, 0.25) is 0 Å². The highest BCUT2D eigenvalue weighted by Crippen LogP contribution is 2.34. The Labute approximate surface area is 148 Å². The number of amides is 1. The maximum Gasteiger partial charge on any atom is 0.269 e. The molecule has 0 radical (unpaired) electrons. The molecule has 136 valence electrons. The molecule has 1 spiro atoms. The largest absolute Gasteiger partial charge is 0.472 e. The first-order valence-electron chi connectivity index (χ1n) is 9.22. The van der Waals surface area contributed by atoms with E-state index >= 15 is 0 Å². The second-order valence-corrected chi connectivity index (χ2v) is 7.39. The first kappa shape index (κ1) is 16.6. The monoisotopic (exact) mass is 346 g/mol. The van der Waals surface area contributed by atoms with Crippen molar-refractivity contribution in [2.24, 2.45) is 5.16 Å². The van der Waals surface area contributed by atoms with Gasteiger partial charge in [0.05, 0.1) is 12.5 Å². The summed E-state index contributed by atoms with van der Waals surface area (Å²) in [7, 11) is 0. The van der Waals surface area contributed by atoms with E-state index in [1.807, 2.05) is 6.07 Å². The predicted octanol–water partition coefficient (Wildman–Crippen LogP) is 1.21. The van der Waals surface area contributed by atoms with Crippen molar-refractivity contribution in [3.8, 4) is 0 Å². The molecule has 1 aromatic heterocycles. The van der Waals surface area contributed by atoms with Crippen molar-refractivity contribution in [1.82, 2.24) is 15.1 Å². The minimum atomic E-state index is -0.328. The van der Waals surface area contributed by atoms with E-state index in [9.17, 15) is 4.79 Å². The summed E-state index contributed by atoms with van der Waals surface area (Å²) < 4.78 is 5.13. The summed E-state index contributed by atoms with van der Waals surface area (Å²) in [4.78, 5) is 22.8. The number of nitrogens with zero attached hydrogens (tertiary/aromatic N) is 3. The van der Waals surface area contributed by atoms with Gasteiger partial charge in [-0.3, -0.25) is 9.69 Å². The van der Waals surface area contributed by atoms with Gasteiger partial charge >= 0.3 is 0 Å². The van der Waals surface area contributed by atoms with E-state index in [0.29, 0.717) is 18.7 Å². The van der Waals surface area contributed by atoms with Crippen LogP contribution in [0.5, 0.6) is 0 Å². The normalized spacial score (nSPS) is 27.0. The number of hydrogen-bond acceptors (Lipinski definition) is 6. The lowest BCUT2D eigenvalue weighted by Gasteiger charge is -2.21. The summed E-state index contributed by atoms with van der Waals surface area (Å²) in [5.74, 6) is -0.0793. The zero-order valence-corrected chi connectivity index (χ0v) is 14.6. The van der Waals surface area contributed by atoms with Crippen LogP contribution in [-0.2, 0) is 16.2 Å². The molecule has 0 unspecified atom stereocenters. The van der Waals surface area contributed by atoms with E-state index in [4.69, 9.17) is 9.25 Å². The Morgan fingerprint density at radius 1 is 1.28 bits per heavy atom. The van der Waals surface area contributed by atoms with E-state index in [2.05, 4.69) is 20.3 Å². The first-order chi connectivity index (χ1) is 12.2. The van der Waals surface area contributed by atoms with Gasteiger partial charge in [-0.05, 0) is 32.0 Å². The van der Waals surface area contributed by atoms with Crippen molar-refractivity contribution < 1.29 is 14.0 Å². The standard InChI is InChI=1S/C18H26N4O3/c23-17(19-5-9-21-6-1-2-7-21)16-11-18(25-20-16)4-8-22(14-18)12-15-3-10-24-13-15/h3,10,13H,1-2,4-9,11-12,14H2,(H,19,23)/t18-/m0/s1. The van der Waals surface area contributed by atoms with Crippen LogP contribution < -0.4 is 5.32 Å². The smallest absolute Gasteiger partial charge is 0.269 e. The molecular formula is C18H26N4O3.